The van der Waals surface area contributed by atoms with Crippen LogP contribution in [0.3, 0.4) is 0 Å². The van der Waals surface area contributed by atoms with Crippen LogP contribution in [0.2, 0.25) is 0 Å². The van der Waals surface area contributed by atoms with Crippen molar-refractivity contribution in [1.29, 1.82) is 0 Å². The highest BCUT2D eigenvalue weighted by Gasteiger charge is 2.32. The van der Waals surface area contributed by atoms with Gasteiger partial charge in [0.15, 0.2) is 5.82 Å². The van der Waals surface area contributed by atoms with Crippen molar-refractivity contribution >= 4 is 31.6 Å². The molecule has 1 aromatic heterocycles. The number of ether oxygens (including phenoxy) is 1. The fraction of sp³-hybridized carbons (Fsp3) is 0.417. The van der Waals surface area contributed by atoms with Crippen LogP contribution in [0.5, 0.6) is 11.8 Å². The van der Waals surface area contributed by atoms with E-state index in [0.717, 1.165) is 50.1 Å². The van der Waals surface area contributed by atoms with Crippen LogP contribution in [-0.2, 0) is 22.7 Å². The minimum Gasteiger partial charge on any atom is -0.424 e. The van der Waals surface area contributed by atoms with Crippen LogP contribution >= 0.6 is 15.9 Å². The number of aromatic nitrogens is 3. The molecule has 1 fully saturated rings. The second kappa shape index (κ2) is 11.2. The van der Waals surface area contributed by atoms with Crippen LogP contribution in [0.15, 0.2) is 51.8 Å². The summed E-state index contributed by atoms with van der Waals surface area (Å²) < 4.78 is 74.8. The molecule has 0 amide bonds. The van der Waals surface area contributed by atoms with Gasteiger partial charge in [0, 0.05) is 49.0 Å². The van der Waals surface area contributed by atoms with Crippen molar-refractivity contribution in [3.05, 3.63) is 58.3 Å². The van der Waals surface area contributed by atoms with E-state index in [0.29, 0.717) is 18.1 Å². The first-order valence-corrected chi connectivity index (χ1v) is 14.2. The number of rotatable bonds is 8. The fourth-order valence-corrected chi connectivity index (χ4v) is 6.43. The van der Waals surface area contributed by atoms with Crippen molar-refractivity contribution in [1.82, 2.24) is 24.4 Å². The Kier molecular flexibility index (Phi) is 8.35. The van der Waals surface area contributed by atoms with Crippen molar-refractivity contribution in [2.45, 2.75) is 37.5 Å². The number of likely N-dealkylation sites (N-methyl/N-ethyl adjacent to an activating group) is 1. The van der Waals surface area contributed by atoms with Crippen molar-refractivity contribution in [3.8, 4) is 11.8 Å². The van der Waals surface area contributed by atoms with E-state index in [-0.39, 0.29) is 15.4 Å². The lowest BCUT2D eigenvalue weighted by Crippen LogP contribution is -2.44. The van der Waals surface area contributed by atoms with Gasteiger partial charge in [0.1, 0.15) is 5.75 Å². The summed E-state index contributed by atoms with van der Waals surface area (Å²) in [5.74, 6) is 0.862. The van der Waals surface area contributed by atoms with Gasteiger partial charge in [-0.05, 0) is 67.2 Å². The normalized spacial score (nSPS) is 16.0. The van der Waals surface area contributed by atoms with E-state index >= 15 is 0 Å². The van der Waals surface area contributed by atoms with Crippen LogP contribution in [0.4, 0.5) is 18.9 Å². The van der Waals surface area contributed by atoms with E-state index in [1.54, 1.807) is 11.5 Å². The summed E-state index contributed by atoms with van der Waals surface area (Å²) in [5.41, 5.74) is 0.0715. The standard InChI is InChI=1S/C24H28BrF3N6O3S/c1-4-34-22(16(2)31-38(35,36)21-9-8-17(14-20(21)25)24(26,27)28)29-30-23(34)37-19-7-5-6-18(15-19)33-12-10-32(3)11-13-33/h5-9,14-16,31H,4,10-13H2,1-3H3/t16-/m1/s1. The average Bonchev–Trinajstić information content (AvgIpc) is 3.26. The maximum absolute atomic E-state index is 13.0. The number of sulfonamides is 1. The van der Waals surface area contributed by atoms with Crippen LogP contribution in [0.1, 0.15) is 31.3 Å². The number of nitrogens with zero attached hydrogens (tertiary/aromatic N) is 5. The van der Waals surface area contributed by atoms with Crippen LogP contribution in [-0.4, -0.2) is 61.3 Å². The average molecular weight is 617 g/mol. The first kappa shape index (κ1) is 28.3. The summed E-state index contributed by atoms with van der Waals surface area (Å²) in [5, 5.41) is 8.25. The molecule has 4 rings (SSSR count). The monoisotopic (exact) mass is 616 g/mol. The Bertz CT molecular complexity index is 1390. The van der Waals surface area contributed by atoms with Crippen LogP contribution in [0, 0.1) is 0 Å². The fourth-order valence-electron chi connectivity index (χ4n) is 4.15. The smallest absolute Gasteiger partial charge is 0.416 e. The Morgan fingerprint density at radius 3 is 2.45 bits per heavy atom. The molecule has 1 saturated heterocycles. The highest BCUT2D eigenvalue weighted by Crippen LogP contribution is 2.34. The molecule has 0 aliphatic carbocycles. The van der Waals surface area contributed by atoms with Gasteiger partial charge < -0.3 is 14.5 Å². The van der Waals surface area contributed by atoms with Crippen molar-refractivity contribution in [3.63, 3.8) is 0 Å². The van der Waals surface area contributed by atoms with Gasteiger partial charge in [-0.15, -0.1) is 5.10 Å². The molecule has 1 N–H and O–H groups in total. The topological polar surface area (TPSA) is 92.6 Å². The Balaban J connectivity index is 1.51. The first-order valence-electron chi connectivity index (χ1n) is 11.9. The Morgan fingerprint density at radius 2 is 1.82 bits per heavy atom. The van der Waals surface area contributed by atoms with E-state index in [4.69, 9.17) is 4.74 Å². The maximum atomic E-state index is 13.0. The minimum atomic E-state index is -4.59. The Labute approximate surface area is 227 Å². The number of nitrogens with one attached hydrogen (secondary N) is 1. The molecular weight excluding hydrogens is 589 g/mol. The van der Waals surface area contributed by atoms with Gasteiger partial charge in [-0.3, -0.25) is 4.57 Å². The maximum Gasteiger partial charge on any atom is 0.416 e. The van der Waals surface area contributed by atoms with E-state index in [1.807, 2.05) is 31.2 Å². The zero-order valence-electron chi connectivity index (χ0n) is 21.0. The number of alkyl halides is 3. The Morgan fingerprint density at radius 1 is 1.11 bits per heavy atom. The van der Waals surface area contributed by atoms with E-state index in [9.17, 15) is 21.6 Å². The first-order chi connectivity index (χ1) is 17.9. The molecule has 0 radical (unpaired) electrons. The Hall–Kier alpha value is -2.68. The molecule has 1 aliphatic heterocycles. The molecular formula is C24H28BrF3N6O3S. The molecule has 38 heavy (non-hydrogen) atoms. The second-order valence-corrected chi connectivity index (χ2v) is 11.5. The van der Waals surface area contributed by atoms with E-state index < -0.39 is 27.8 Å². The lowest BCUT2D eigenvalue weighted by Gasteiger charge is -2.34. The van der Waals surface area contributed by atoms with Gasteiger partial charge in [-0.2, -0.15) is 13.2 Å². The van der Waals surface area contributed by atoms with Gasteiger partial charge >= 0.3 is 12.2 Å². The third-order valence-corrected chi connectivity index (χ3v) is 8.74. The van der Waals surface area contributed by atoms with Gasteiger partial charge in [0.05, 0.1) is 16.5 Å². The van der Waals surface area contributed by atoms with Crippen LogP contribution in [0.25, 0.3) is 0 Å². The molecule has 9 nitrogen and oxygen atoms in total. The van der Waals surface area contributed by atoms with E-state index in [2.05, 4.69) is 47.7 Å². The molecule has 0 spiro atoms. The largest absolute Gasteiger partial charge is 0.424 e. The quantitative estimate of drug-likeness (QED) is 0.393. The number of hydrogen-bond donors (Lipinski definition) is 1. The molecule has 14 heteroatoms. The van der Waals surface area contributed by atoms with Gasteiger partial charge in [0.2, 0.25) is 10.0 Å². The lowest BCUT2D eigenvalue weighted by atomic mass is 10.2. The number of hydrogen-bond acceptors (Lipinski definition) is 7. The summed E-state index contributed by atoms with van der Waals surface area (Å²) in [6.07, 6.45) is -4.59. The molecule has 2 aromatic carbocycles. The third-order valence-electron chi connectivity index (χ3n) is 6.22. The van der Waals surface area contributed by atoms with E-state index in [1.165, 1.54) is 0 Å². The molecule has 1 atom stereocenters. The van der Waals surface area contributed by atoms with Gasteiger partial charge in [0.25, 0.3) is 0 Å². The highest BCUT2D eigenvalue weighted by molar-refractivity contribution is 9.10. The molecule has 0 saturated carbocycles. The SMILES string of the molecule is CCn1c(Oc2cccc(N3CCN(C)CC3)c2)nnc1[C@@H](C)NS(=O)(=O)c1ccc(C(F)(F)F)cc1Br. The highest BCUT2D eigenvalue weighted by atomic mass is 79.9. The van der Waals surface area contributed by atoms with Crippen molar-refractivity contribution in [2.75, 3.05) is 38.1 Å². The molecule has 0 bridgehead atoms. The number of halogens is 4. The third kappa shape index (κ3) is 6.30. The molecule has 2 heterocycles. The summed E-state index contributed by atoms with van der Waals surface area (Å²) in [7, 11) is -2.10. The zero-order valence-corrected chi connectivity index (χ0v) is 23.4. The van der Waals surface area contributed by atoms with Gasteiger partial charge in [-0.1, -0.05) is 11.2 Å². The predicted octanol–water partition coefficient (Wildman–Crippen LogP) is 4.66. The zero-order chi connectivity index (χ0) is 27.7. The summed E-state index contributed by atoms with van der Waals surface area (Å²) in [4.78, 5) is 4.23. The summed E-state index contributed by atoms with van der Waals surface area (Å²) in [6, 6.07) is 9.36. The number of anilines is 1. The van der Waals surface area contributed by atoms with Crippen molar-refractivity contribution in [2.24, 2.45) is 0 Å². The number of benzene rings is 2. The van der Waals surface area contributed by atoms with Crippen LogP contribution < -0.4 is 14.4 Å². The molecule has 206 valence electrons. The van der Waals surface area contributed by atoms with Crippen molar-refractivity contribution < 1.29 is 26.3 Å². The molecule has 3 aromatic rings. The summed E-state index contributed by atoms with van der Waals surface area (Å²) in [6.45, 7) is 7.55. The summed E-state index contributed by atoms with van der Waals surface area (Å²) >= 11 is 2.95. The predicted molar refractivity (Wildman–Crippen MR) is 140 cm³/mol. The number of piperazine rings is 1. The molecule has 0 unspecified atom stereocenters. The lowest BCUT2D eigenvalue weighted by molar-refractivity contribution is -0.137. The minimum absolute atomic E-state index is 0.194. The van der Waals surface area contributed by atoms with Gasteiger partial charge in [-0.25, -0.2) is 13.1 Å². The second-order valence-electron chi connectivity index (χ2n) is 8.96. The molecule has 1 aliphatic rings.